The molecule has 98 valence electrons. The molecule has 1 fully saturated rings. The lowest BCUT2D eigenvalue weighted by Crippen LogP contribution is -2.53. The average Bonchev–Trinajstić information content (AvgIpc) is 2.65. The number of nitrogens with one attached hydrogen (secondary N) is 1. The molecule has 0 spiro atoms. The van der Waals surface area contributed by atoms with E-state index in [-0.39, 0.29) is 11.4 Å². The number of carbonyl (C=O) groups excluding carboxylic acids is 1. The van der Waals surface area contributed by atoms with E-state index >= 15 is 0 Å². The molecule has 1 aliphatic carbocycles. The molecule has 0 heterocycles. The molecule has 0 saturated heterocycles. The van der Waals surface area contributed by atoms with Crippen LogP contribution in [0.1, 0.15) is 59.3 Å². The fourth-order valence-corrected chi connectivity index (χ4v) is 2.98. The topological polar surface area (TPSA) is 55.1 Å². The zero-order valence-corrected chi connectivity index (χ0v) is 12.0. The van der Waals surface area contributed by atoms with Crippen molar-refractivity contribution in [3.05, 3.63) is 0 Å². The van der Waals surface area contributed by atoms with E-state index in [2.05, 4.69) is 26.1 Å². The third-order valence-corrected chi connectivity index (χ3v) is 4.08. The van der Waals surface area contributed by atoms with Crippen LogP contribution in [-0.4, -0.2) is 16.4 Å². The summed E-state index contributed by atoms with van der Waals surface area (Å²) in [5, 5.41) is 3.11. The number of amides is 1. The number of rotatable bonds is 5. The van der Waals surface area contributed by atoms with Crippen molar-refractivity contribution in [3.63, 3.8) is 0 Å². The minimum Gasteiger partial charge on any atom is -0.392 e. The summed E-state index contributed by atoms with van der Waals surface area (Å²) >= 11 is 5.11. The smallest absolute Gasteiger partial charge is 0.233 e. The number of thiocarbonyl (C=S) groups is 1. The Kier molecular flexibility index (Phi) is 4.53. The lowest BCUT2D eigenvalue weighted by molar-refractivity contribution is -0.129. The van der Waals surface area contributed by atoms with Crippen molar-refractivity contribution in [1.82, 2.24) is 5.32 Å². The van der Waals surface area contributed by atoms with Crippen LogP contribution in [0.3, 0.4) is 0 Å². The average molecular weight is 256 g/mol. The normalized spacial score (nSPS) is 19.0. The van der Waals surface area contributed by atoms with Crippen molar-refractivity contribution in [1.29, 1.82) is 0 Å². The maximum absolute atomic E-state index is 12.4. The first-order valence-electron chi connectivity index (χ1n) is 6.46. The van der Waals surface area contributed by atoms with E-state index in [1.807, 2.05) is 0 Å². The minimum absolute atomic E-state index is 0.0287. The maximum atomic E-state index is 12.4. The predicted molar refractivity (Wildman–Crippen MR) is 74.8 cm³/mol. The summed E-state index contributed by atoms with van der Waals surface area (Å²) in [5.41, 5.74) is 5.04. The van der Waals surface area contributed by atoms with Gasteiger partial charge in [0, 0.05) is 5.54 Å². The molecule has 3 nitrogen and oxygen atoms in total. The Morgan fingerprint density at radius 1 is 1.41 bits per heavy atom. The van der Waals surface area contributed by atoms with Gasteiger partial charge in [-0.2, -0.15) is 0 Å². The van der Waals surface area contributed by atoms with E-state index in [4.69, 9.17) is 18.0 Å². The maximum Gasteiger partial charge on any atom is 0.233 e. The molecule has 0 aliphatic heterocycles. The van der Waals surface area contributed by atoms with Gasteiger partial charge in [0.1, 0.15) is 0 Å². The molecule has 1 saturated carbocycles. The van der Waals surface area contributed by atoms with E-state index in [9.17, 15) is 4.79 Å². The lowest BCUT2D eigenvalue weighted by Gasteiger charge is -2.33. The third kappa shape index (κ3) is 3.18. The molecule has 17 heavy (non-hydrogen) atoms. The SMILES string of the molecule is CCCC(C)(C)NC(=O)C1(C(N)=S)CCCC1. The summed E-state index contributed by atoms with van der Waals surface area (Å²) in [6.45, 7) is 6.22. The van der Waals surface area contributed by atoms with Gasteiger partial charge in [0.15, 0.2) is 0 Å². The molecule has 4 heteroatoms. The molecule has 0 atom stereocenters. The third-order valence-electron chi connectivity index (χ3n) is 3.69. The highest BCUT2D eigenvalue weighted by Gasteiger charge is 2.45. The number of hydrogen-bond donors (Lipinski definition) is 2. The van der Waals surface area contributed by atoms with E-state index in [0.29, 0.717) is 4.99 Å². The van der Waals surface area contributed by atoms with Crippen molar-refractivity contribution in [3.8, 4) is 0 Å². The van der Waals surface area contributed by atoms with Gasteiger partial charge in [-0.15, -0.1) is 0 Å². The van der Waals surface area contributed by atoms with Crippen LogP contribution in [0.25, 0.3) is 0 Å². The molecular formula is C13H24N2OS. The van der Waals surface area contributed by atoms with Crippen LogP contribution in [-0.2, 0) is 4.79 Å². The molecule has 1 rings (SSSR count). The predicted octanol–water partition coefficient (Wildman–Crippen LogP) is 2.53. The quantitative estimate of drug-likeness (QED) is 0.743. The van der Waals surface area contributed by atoms with Crippen LogP contribution >= 0.6 is 12.2 Å². The summed E-state index contributed by atoms with van der Waals surface area (Å²) in [6, 6.07) is 0. The number of nitrogens with two attached hydrogens (primary N) is 1. The van der Waals surface area contributed by atoms with Gasteiger partial charge >= 0.3 is 0 Å². The molecule has 0 unspecified atom stereocenters. The molecule has 0 bridgehead atoms. The second-order valence-corrected chi connectivity index (χ2v) is 6.18. The first-order chi connectivity index (χ1) is 7.84. The summed E-state index contributed by atoms with van der Waals surface area (Å²) in [4.78, 5) is 12.8. The van der Waals surface area contributed by atoms with Gasteiger partial charge in [0.2, 0.25) is 5.91 Å². The van der Waals surface area contributed by atoms with Crippen molar-refractivity contribution in [2.75, 3.05) is 0 Å². The Bertz CT molecular complexity index is 307. The van der Waals surface area contributed by atoms with Gasteiger partial charge in [-0.3, -0.25) is 4.79 Å². The van der Waals surface area contributed by atoms with Gasteiger partial charge in [-0.1, -0.05) is 38.4 Å². The molecule has 0 radical (unpaired) electrons. The molecular weight excluding hydrogens is 232 g/mol. The van der Waals surface area contributed by atoms with E-state index in [1.165, 1.54) is 0 Å². The van der Waals surface area contributed by atoms with Crippen molar-refractivity contribution >= 4 is 23.1 Å². The van der Waals surface area contributed by atoms with Gasteiger partial charge in [-0.05, 0) is 33.1 Å². The molecule has 0 aromatic carbocycles. The summed E-state index contributed by atoms with van der Waals surface area (Å²) in [7, 11) is 0. The van der Waals surface area contributed by atoms with Crippen LogP contribution < -0.4 is 11.1 Å². The molecule has 3 N–H and O–H groups in total. The Labute approximate surface area is 110 Å². The highest BCUT2D eigenvalue weighted by Crippen LogP contribution is 2.39. The Hall–Kier alpha value is -0.640. The van der Waals surface area contributed by atoms with Crippen LogP contribution in [0.5, 0.6) is 0 Å². The Morgan fingerprint density at radius 3 is 2.35 bits per heavy atom. The monoisotopic (exact) mass is 256 g/mol. The lowest BCUT2D eigenvalue weighted by atomic mass is 9.83. The fraction of sp³-hybridized carbons (Fsp3) is 0.846. The first-order valence-corrected chi connectivity index (χ1v) is 6.87. The van der Waals surface area contributed by atoms with Crippen LogP contribution in [0.2, 0.25) is 0 Å². The number of carbonyl (C=O) groups is 1. The fourth-order valence-electron chi connectivity index (χ4n) is 2.68. The zero-order valence-electron chi connectivity index (χ0n) is 11.1. The number of hydrogen-bond acceptors (Lipinski definition) is 2. The van der Waals surface area contributed by atoms with Crippen LogP contribution in [0.15, 0.2) is 0 Å². The summed E-state index contributed by atoms with van der Waals surface area (Å²) in [5.74, 6) is 0.0287. The minimum atomic E-state index is -0.583. The summed E-state index contributed by atoms with van der Waals surface area (Å²) in [6.07, 6.45) is 5.70. The highest BCUT2D eigenvalue weighted by atomic mass is 32.1. The molecule has 1 aliphatic rings. The van der Waals surface area contributed by atoms with Crippen LogP contribution in [0, 0.1) is 5.41 Å². The van der Waals surface area contributed by atoms with E-state index < -0.39 is 5.41 Å². The van der Waals surface area contributed by atoms with Gasteiger partial charge in [-0.25, -0.2) is 0 Å². The zero-order chi connectivity index (χ0) is 13.1. The molecule has 0 aromatic heterocycles. The Morgan fingerprint density at radius 2 is 1.94 bits per heavy atom. The Balaban J connectivity index is 2.77. The van der Waals surface area contributed by atoms with Gasteiger partial charge in [0.05, 0.1) is 10.4 Å². The largest absolute Gasteiger partial charge is 0.392 e. The van der Waals surface area contributed by atoms with E-state index in [0.717, 1.165) is 38.5 Å². The first kappa shape index (κ1) is 14.4. The van der Waals surface area contributed by atoms with Gasteiger partial charge in [0.25, 0.3) is 0 Å². The second kappa shape index (κ2) is 5.34. The van der Waals surface area contributed by atoms with Crippen molar-refractivity contribution in [2.24, 2.45) is 11.1 Å². The standard InChI is InChI=1S/C13H24N2OS/c1-4-7-12(2,3)15-11(16)13(10(14)17)8-5-6-9-13/h4-9H2,1-3H3,(H2,14,17)(H,15,16). The van der Waals surface area contributed by atoms with Crippen molar-refractivity contribution < 1.29 is 4.79 Å². The van der Waals surface area contributed by atoms with E-state index in [1.54, 1.807) is 0 Å². The van der Waals surface area contributed by atoms with Crippen LogP contribution in [0.4, 0.5) is 0 Å². The second-order valence-electron chi connectivity index (χ2n) is 5.74. The summed E-state index contributed by atoms with van der Waals surface area (Å²) < 4.78 is 0. The molecule has 1 amide bonds. The highest BCUT2D eigenvalue weighted by molar-refractivity contribution is 7.80. The molecule has 0 aromatic rings. The van der Waals surface area contributed by atoms with Gasteiger partial charge < -0.3 is 11.1 Å². The van der Waals surface area contributed by atoms with Crippen molar-refractivity contribution in [2.45, 2.75) is 64.8 Å².